The highest BCUT2D eigenvalue weighted by Crippen LogP contribution is 2.46. The zero-order valence-corrected chi connectivity index (χ0v) is 12.0. The predicted octanol–water partition coefficient (Wildman–Crippen LogP) is 2.58. The van der Waals surface area contributed by atoms with Crippen LogP contribution in [0.15, 0.2) is 5.16 Å². The lowest BCUT2D eigenvalue weighted by molar-refractivity contribution is 0.596. The average molecular weight is 266 g/mol. The Bertz CT molecular complexity index is 405. The first-order chi connectivity index (χ1) is 8.83. The van der Waals surface area contributed by atoms with Crippen molar-refractivity contribution in [2.45, 2.75) is 62.2 Å². The number of nitrogens with one attached hydrogen (secondary N) is 1. The van der Waals surface area contributed by atoms with Crippen LogP contribution in [0.3, 0.4) is 0 Å². The highest BCUT2D eigenvalue weighted by Gasteiger charge is 2.36. The normalized spacial score (nSPS) is 21.2. The van der Waals surface area contributed by atoms with E-state index in [2.05, 4.69) is 27.0 Å². The standard InChI is InChI=1S/C13H22N4S/c1-3-10(14-2)8-18-13-16-15-12(9-4-5-9)17(13)11-6-7-11/h9-11,14H,3-8H2,1-2H3. The lowest BCUT2D eigenvalue weighted by Crippen LogP contribution is -2.26. The quantitative estimate of drug-likeness (QED) is 0.770. The number of thioether (sulfide) groups is 1. The Labute approximate surface area is 113 Å². The topological polar surface area (TPSA) is 42.7 Å². The van der Waals surface area contributed by atoms with Gasteiger partial charge in [0.25, 0.3) is 0 Å². The van der Waals surface area contributed by atoms with Crippen LogP contribution in [0.25, 0.3) is 0 Å². The second-order valence-corrected chi connectivity index (χ2v) is 6.41. The van der Waals surface area contributed by atoms with Crippen LogP contribution in [-0.2, 0) is 0 Å². The van der Waals surface area contributed by atoms with Crippen molar-refractivity contribution in [1.29, 1.82) is 0 Å². The van der Waals surface area contributed by atoms with Crippen molar-refractivity contribution in [3.8, 4) is 0 Å². The van der Waals surface area contributed by atoms with E-state index < -0.39 is 0 Å². The number of nitrogens with zero attached hydrogens (tertiary/aromatic N) is 3. The van der Waals surface area contributed by atoms with E-state index in [4.69, 9.17) is 0 Å². The molecule has 1 aromatic heterocycles. The molecule has 2 fully saturated rings. The van der Waals surface area contributed by atoms with Gasteiger partial charge in [0.15, 0.2) is 5.16 Å². The minimum Gasteiger partial charge on any atom is -0.316 e. The molecule has 5 heteroatoms. The largest absolute Gasteiger partial charge is 0.316 e. The van der Waals surface area contributed by atoms with Gasteiger partial charge >= 0.3 is 0 Å². The van der Waals surface area contributed by atoms with E-state index >= 15 is 0 Å². The van der Waals surface area contributed by atoms with Crippen LogP contribution in [0, 0.1) is 0 Å². The van der Waals surface area contributed by atoms with Gasteiger partial charge in [-0.2, -0.15) is 0 Å². The smallest absolute Gasteiger partial charge is 0.191 e. The summed E-state index contributed by atoms with van der Waals surface area (Å²) in [4.78, 5) is 0. The maximum Gasteiger partial charge on any atom is 0.191 e. The molecule has 18 heavy (non-hydrogen) atoms. The molecule has 1 heterocycles. The summed E-state index contributed by atoms with van der Waals surface area (Å²) in [5.74, 6) is 3.05. The molecule has 1 N–H and O–H groups in total. The molecule has 1 unspecified atom stereocenters. The van der Waals surface area contributed by atoms with Crippen molar-refractivity contribution in [3.63, 3.8) is 0 Å². The van der Waals surface area contributed by atoms with Crippen molar-refractivity contribution in [2.24, 2.45) is 0 Å². The Morgan fingerprint density at radius 2 is 2.11 bits per heavy atom. The van der Waals surface area contributed by atoms with Crippen LogP contribution in [-0.4, -0.2) is 33.6 Å². The molecule has 0 saturated heterocycles. The highest BCUT2D eigenvalue weighted by atomic mass is 32.2. The second kappa shape index (κ2) is 5.21. The Hall–Kier alpha value is -0.550. The van der Waals surface area contributed by atoms with Gasteiger partial charge in [-0.25, -0.2) is 0 Å². The maximum atomic E-state index is 4.44. The summed E-state index contributed by atoms with van der Waals surface area (Å²) >= 11 is 1.87. The van der Waals surface area contributed by atoms with Gasteiger partial charge in [-0.05, 0) is 39.2 Å². The summed E-state index contributed by atoms with van der Waals surface area (Å²) < 4.78 is 2.44. The van der Waals surface area contributed by atoms with Crippen molar-refractivity contribution in [2.75, 3.05) is 12.8 Å². The number of aromatic nitrogens is 3. The summed E-state index contributed by atoms with van der Waals surface area (Å²) in [6.07, 6.45) is 6.41. The average Bonchev–Trinajstić information content (AvgIpc) is 3.30. The van der Waals surface area contributed by atoms with Gasteiger partial charge in [0.2, 0.25) is 0 Å². The minimum atomic E-state index is 0.573. The van der Waals surface area contributed by atoms with Crippen molar-refractivity contribution in [1.82, 2.24) is 20.1 Å². The third-order valence-electron chi connectivity index (χ3n) is 3.86. The summed E-state index contributed by atoms with van der Waals surface area (Å²) in [5.41, 5.74) is 0. The van der Waals surface area contributed by atoms with Gasteiger partial charge in [-0.15, -0.1) is 10.2 Å². The number of hydrogen-bond acceptors (Lipinski definition) is 4. The zero-order valence-electron chi connectivity index (χ0n) is 11.2. The monoisotopic (exact) mass is 266 g/mol. The SMILES string of the molecule is CCC(CSc1nnc(C2CC2)n1C1CC1)NC. The number of hydrogen-bond donors (Lipinski definition) is 1. The first-order valence-electron chi connectivity index (χ1n) is 7.08. The summed E-state index contributed by atoms with van der Waals surface area (Å²) in [7, 11) is 2.04. The number of rotatable bonds is 7. The van der Waals surface area contributed by atoms with E-state index in [1.165, 1.54) is 31.5 Å². The first kappa shape index (κ1) is 12.5. The molecule has 0 spiro atoms. The van der Waals surface area contributed by atoms with E-state index in [9.17, 15) is 0 Å². The van der Waals surface area contributed by atoms with Crippen LogP contribution in [0.1, 0.15) is 56.8 Å². The molecule has 0 aliphatic heterocycles. The molecule has 0 bridgehead atoms. The molecule has 0 radical (unpaired) electrons. The predicted molar refractivity (Wildman–Crippen MR) is 74.1 cm³/mol. The first-order valence-corrected chi connectivity index (χ1v) is 8.06. The third kappa shape index (κ3) is 2.57. The second-order valence-electron chi connectivity index (χ2n) is 5.42. The highest BCUT2D eigenvalue weighted by molar-refractivity contribution is 7.99. The van der Waals surface area contributed by atoms with Crippen molar-refractivity contribution in [3.05, 3.63) is 5.82 Å². The van der Waals surface area contributed by atoms with E-state index in [1.54, 1.807) is 0 Å². The third-order valence-corrected chi connectivity index (χ3v) is 4.97. The molecule has 3 rings (SSSR count). The Kier molecular flexibility index (Phi) is 3.61. The Morgan fingerprint density at radius 3 is 2.67 bits per heavy atom. The lowest BCUT2D eigenvalue weighted by Gasteiger charge is -2.13. The summed E-state index contributed by atoms with van der Waals surface area (Å²) in [6.45, 7) is 2.23. The van der Waals surface area contributed by atoms with Gasteiger partial charge in [-0.3, -0.25) is 0 Å². The molecule has 0 amide bonds. The Balaban J connectivity index is 1.71. The molecule has 2 aliphatic carbocycles. The van der Waals surface area contributed by atoms with E-state index in [1.807, 2.05) is 18.8 Å². The summed E-state index contributed by atoms with van der Waals surface area (Å²) in [6, 6.07) is 1.27. The minimum absolute atomic E-state index is 0.573. The summed E-state index contributed by atoms with van der Waals surface area (Å²) in [5, 5.41) is 13.4. The van der Waals surface area contributed by atoms with Crippen LogP contribution in [0.4, 0.5) is 0 Å². The van der Waals surface area contributed by atoms with Crippen LogP contribution in [0.5, 0.6) is 0 Å². The molecule has 100 valence electrons. The fourth-order valence-electron chi connectivity index (χ4n) is 2.26. The van der Waals surface area contributed by atoms with E-state index in [0.717, 1.165) is 17.3 Å². The maximum absolute atomic E-state index is 4.44. The fourth-order valence-corrected chi connectivity index (χ4v) is 3.50. The molecule has 1 atom stereocenters. The van der Waals surface area contributed by atoms with Crippen LogP contribution < -0.4 is 5.32 Å². The molecular weight excluding hydrogens is 244 g/mol. The van der Waals surface area contributed by atoms with Gasteiger partial charge < -0.3 is 9.88 Å². The molecule has 4 nitrogen and oxygen atoms in total. The van der Waals surface area contributed by atoms with Gasteiger partial charge in [-0.1, -0.05) is 18.7 Å². The van der Waals surface area contributed by atoms with Crippen LogP contribution >= 0.6 is 11.8 Å². The molecule has 1 aromatic rings. The van der Waals surface area contributed by atoms with Crippen LogP contribution in [0.2, 0.25) is 0 Å². The van der Waals surface area contributed by atoms with Gasteiger partial charge in [0.05, 0.1) is 0 Å². The fraction of sp³-hybridized carbons (Fsp3) is 0.846. The van der Waals surface area contributed by atoms with Crippen molar-refractivity contribution >= 4 is 11.8 Å². The molecular formula is C13H22N4S. The molecule has 2 aliphatic rings. The van der Waals surface area contributed by atoms with Crippen molar-refractivity contribution < 1.29 is 0 Å². The Morgan fingerprint density at radius 1 is 1.33 bits per heavy atom. The zero-order chi connectivity index (χ0) is 12.5. The van der Waals surface area contributed by atoms with Gasteiger partial charge in [0.1, 0.15) is 5.82 Å². The van der Waals surface area contributed by atoms with E-state index in [0.29, 0.717) is 18.0 Å². The molecule has 2 saturated carbocycles. The lowest BCUT2D eigenvalue weighted by atomic mass is 10.3. The van der Waals surface area contributed by atoms with Gasteiger partial charge in [0, 0.05) is 23.8 Å². The molecule has 0 aromatic carbocycles. The van der Waals surface area contributed by atoms with E-state index in [-0.39, 0.29) is 0 Å².